The van der Waals surface area contributed by atoms with Crippen molar-refractivity contribution in [3.05, 3.63) is 24.0 Å². The first-order valence-electron chi connectivity index (χ1n) is 8.40. The standard InChI is InChI=1S/C17H24N4O2/c1-13-4-2-3-8-21(11-13)17(23)15-10-14(5-6-18-15)20-9-7-19-16(22)12-20/h5-6,10,13H,2-4,7-9,11-12H2,1H3,(H,19,22). The normalized spacial score (nSPS) is 22.5. The number of nitrogens with zero attached hydrogens (tertiary/aromatic N) is 3. The monoisotopic (exact) mass is 316 g/mol. The predicted molar refractivity (Wildman–Crippen MR) is 88.4 cm³/mol. The molecule has 2 saturated heterocycles. The van der Waals surface area contributed by atoms with Gasteiger partial charge in [0.1, 0.15) is 5.69 Å². The van der Waals surface area contributed by atoms with Crippen molar-refractivity contribution < 1.29 is 9.59 Å². The van der Waals surface area contributed by atoms with Crippen LogP contribution in [0.2, 0.25) is 0 Å². The van der Waals surface area contributed by atoms with Gasteiger partial charge in [0.2, 0.25) is 5.91 Å². The second kappa shape index (κ2) is 6.98. The molecule has 1 aromatic heterocycles. The number of carbonyl (C=O) groups is 2. The number of pyridine rings is 1. The summed E-state index contributed by atoms with van der Waals surface area (Å²) in [6, 6.07) is 3.68. The minimum absolute atomic E-state index is 0.00191. The molecule has 3 rings (SSSR count). The number of anilines is 1. The number of nitrogens with one attached hydrogen (secondary N) is 1. The molecular weight excluding hydrogens is 292 g/mol. The molecule has 2 aliphatic heterocycles. The van der Waals surface area contributed by atoms with E-state index in [9.17, 15) is 9.59 Å². The van der Waals surface area contributed by atoms with E-state index in [1.165, 1.54) is 12.8 Å². The van der Waals surface area contributed by atoms with E-state index in [-0.39, 0.29) is 11.8 Å². The predicted octanol–water partition coefficient (Wildman–Crippen LogP) is 1.28. The van der Waals surface area contributed by atoms with Gasteiger partial charge in [0.25, 0.3) is 5.91 Å². The van der Waals surface area contributed by atoms with E-state index in [2.05, 4.69) is 17.2 Å². The molecule has 6 nitrogen and oxygen atoms in total. The van der Waals surface area contributed by atoms with Crippen LogP contribution in [0.3, 0.4) is 0 Å². The number of hydrogen-bond donors (Lipinski definition) is 1. The van der Waals surface area contributed by atoms with Crippen molar-refractivity contribution in [1.82, 2.24) is 15.2 Å². The van der Waals surface area contributed by atoms with E-state index in [4.69, 9.17) is 0 Å². The maximum absolute atomic E-state index is 12.8. The summed E-state index contributed by atoms with van der Waals surface area (Å²) >= 11 is 0. The van der Waals surface area contributed by atoms with Gasteiger partial charge >= 0.3 is 0 Å². The summed E-state index contributed by atoms with van der Waals surface area (Å²) in [7, 11) is 0. The Morgan fingerprint density at radius 1 is 1.35 bits per heavy atom. The van der Waals surface area contributed by atoms with Gasteiger partial charge in [0, 0.05) is 38.1 Å². The molecular formula is C17H24N4O2. The SMILES string of the molecule is CC1CCCCN(C(=O)c2cc(N3CCNC(=O)C3)ccn2)C1. The fourth-order valence-electron chi connectivity index (χ4n) is 3.29. The zero-order valence-electron chi connectivity index (χ0n) is 13.6. The highest BCUT2D eigenvalue weighted by atomic mass is 16.2. The second-order valence-electron chi connectivity index (χ2n) is 6.52. The zero-order chi connectivity index (χ0) is 16.2. The highest BCUT2D eigenvalue weighted by Crippen LogP contribution is 2.20. The lowest BCUT2D eigenvalue weighted by atomic mass is 10.1. The largest absolute Gasteiger partial charge is 0.360 e. The number of carbonyl (C=O) groups excluding carboxylic acids is 2. The molecule has 1 aromatic rings. The molecule has 0 aromatic carbocycles. The number of likely N-dealkylation sites (tertiary alicyclic amines) is 1. The lowest BCUT2D eigenvalue weighted by Gasteiger charge is -2.29. The smallest absolute Gasteiger partial charge is 0.272 e. The van der Waals surface area contributed by atoms with Gasteiger partial charge in [0.15, 0.2) is 0 Å². The summed E-state index contributed by atoms with van der Waals surface area (Å²) in [6.07, 6.45) is 5.08. The van der Waals surface area contributed by atoms with Crippen LogP contribution >= 0.6 is 0 Å². The van der Waals surface area contributed by atoms with Crippen molar-refractivity contribution in [2.24, 2.45) is 5.92 Å². The Morgan fingerprint density at radius 2 is 2.22 bits per heavy atom. The molecule has 0 bridgehead atoms. The summed E-state index contributed by atoms with van der Waals surface area (Å²) < 4.78 is 0. The number of hydrogen-bond acceptors (Lipinski definition) is 4. The van der Waals surface area contributed by atoms with Crippen LogP contribution in [0.15, 0.2) is 18.3 Å². The molecule has 1 N–H and O–H groups in total. The molecule has 6 heteroatoms. The van der Waals surface area contributed by atoms with Crippen molar-refractivity contribution >= 4 is 17.5 Å². The Bertz CT molecular complexity index is 590. The average Bonchev–Trinajstić information content (AvgIpc) is 2.79. The van der Waals surface area contributed by atoms with Crippen LogP contribution in [0.4, 0.5) is 5.69 Å². The van der Waals surface area contributed by atoms with Gasteiger partial charge < -0.3 is 15.1 Å². The van der Waals surface area contributed by atoms with Gasteiger partial charge in [-0.1, -0.05) is 13.3 Å². The van der Waals surface area contributed by atoms with Crippen molar-refractivity contribution in [3.8, 4) is 0 Å². The highest BCUT2D eigenvalue weighted by molar-refractivity contribution is 5.93. The first-order valence-corrected chi connectivity index (χ1v) is 8.40. The van der Waals surface area contributed by atoms with E-state index < -0.39 is 0 Å². The Kier molecular flexibility index (Phi) is 4.79. The fraction of sp³-hybridized carbons (Fsp3) is 0.588. The Morgan fingerprint density at radius 3 is 3.04 bits per heavy atom. The van der Waals surface area contributed by atoms with Crippen LogP contribution in [0.5, 0.6) is 0 Å². The topological polar surface area (TPSA) is 65.5 Å². The lowest BCUT2D eigenvalue weighted by Crippen LogP contribution is -2.47. The second-order valence-corrected chi connectivity index (χ2v) is 6.52. The minimum atomic E-state index is 0.00191. The molecule has 124 valence electrons. The van der Waals surface area contributed by atoms with Crippen molar-refractivity contribution in [1.29, 1.82) is 0 Å². The summed E-state index contributed by atoms with van der Waals surface area (Å²) in [6.45, 7) is 5.52. The summed E-state index contributed by atoms with van der Waals surface area (Å²) in [5.41, 5.74) is 1.36. The van der Waals surface area contributed by atoms with Crippen LogP contribution < -0.4 is 10.2 Å². The van der Waals surface area contributed by atoms with Crippen LogP contribution in [-0.2, 0) is 4.79 Å². The molecule has 1 unspecified atom stereocenters. The van der Waals surface area contributed by atoms with Crippen molar-refractivity contribution in [3.63, 3.8) is 0 Å². The molecule has 0 saturated carbocycles. The zero-order valence-corrected chi connectivity index (χ0v) is 13.6. The van der Waals surface area contributed by atoms with Gasteiger partial charge in [-0.05, 0) is 30.9 Å². The number of rotatable bonds is 2. The van der Waals surface area contributed by atoms with E-state index in [0.717, 1.165) is 31.7 Å². The highest BCUT2D eigenvalue weighted by Gasteiger charge is 2.23. The van der Waals surface area contributed by atoms with Crippen molar-refractivity contribution in [2.75, 3.05) is 37.6 Å². The van der Waals surface area contributed by atoms with Gasteiger partial charge in [-0.3, -0.25) is 14.6 Å². The van der Waals surface area contributed by atoms with E-state index in [0.29, 0.717) is 24.7 Å². The minimum Gasteiger partial charge on any atom is -0.360 e. The molecule has 2 aliphatic rings. The first-order chi connectivity index (χ1) is 11.1. The lowest BCUT2D eigenvalue weighted by molar-refractivity contribution is -0.120. The van der Waals surface area contributed by atoms with E-state index in [1.54, 1.807) is 6.20 Å². The third-order valence-electron chi connectivity index (χ3n) is 4.56. The molecule has 0 radical (unpaired) electrons. The Balaban J connectivity index is 1.75. The van der Waals surface area contributed by atoms with Crippen LogP contribution in [0.1, 0.15) is 36.7 Å². The maximum Gasteiger partial charge on any atom is 0.272 e. The van der Waals surface area contributed by atoms with Gasteiger partial charge in [0.05, 0.1) is 6.54 Å². The van der Waals surface area contributed by atoms with E-state index >= 15 is 0 Å². The molecule has 2 amide bonds. The van der Waals surface area contributed by atoms with Gasteiger partial charge in [-0.25, -0.2) is 0 Å². The van der Waals surface area contributed by atoms with Gasteiger partial charge in [-0.15, -0.1) is 0 Å². The third kappa shape index (κ3) is 3.81. The van der Waals surface area contributed by atoms with Gasteiger partial charge in [-0.2, -0.15) is 0 Å². The summed E-state index contributed by atoms with van der Waals surface area (Å²) in [5, 5.41) is 2.81. The molecule has 1 atom stereocenters. The summed E-state index contributed by atoms with van der Waals surface area (Å²) in [5.74, 6) is 0.555. The maximum atomic E-state index is 12.8. The molecule has 0 spiro atoms. The molecule has 3 heterocycles. The number of aromatic nitrogens is 1. The van der Waals surface area contributed by atoms with Crippen LogP contribution in [-0.4, -0.2) is 54.4 Å². The third-order valence-corrected chi connectivity index (χ3v) is 4.56. The quantitative estimate of drug-likeness (QED) is 0.892. The van der Waals surface area contributed by atoms with Crippen molar-refractivity contribution in [2.45, 2.75) is 26.2 Å². The number of amides is 2. The molecule has 23 heavy (non-hydrogen) atoms. The Labute approximate surface area is 136 Å². The van der Waals surface area contributed by atoms with Crippen LogP contribution in [0, 0.1) is 5.92 Å². The van der Waals surface area contributed by atoms with Crippen LogP contribution in [0.25, 0.3) is 0 Å². The average molecular weight is 316 g/mol. The molecule has 2 fully saturated rings. The Hall–Kier alpha value is -2.11. The fourth-order valence-corrected chi connectivity index (χ4v) is 3.29. The first kappa shape index (κ1) is 15.8. The molecule has 0 aliphatic carbocycles. The number of piperazine rings is 1. The van der Waals surface area contributed by atoms with E-state index in [1.807, 2.05) is 21.9 Å². The summed E-state index contributed by atoms with van der Waals surface area (Å²) in [4.78, 5) is 32.5.